The highest BCUT2D eigenvalue weighted by Gasteiger charge is 2.20. The number of carbonyl (C=O) groups is 1. The van der Waals surface area contributed by atoms with Crippen LogP contribution in [-0.4, -0.2) is 44.1 Å². The van der Waals surface area contributed by atoms with E-state index in [0.29, 0.717) is 5.56 Å². The van der Waals surface area contributed by atoms with Crippen LogP contribution in [0.1, 0.15) is 15.9 Å². The van der Waals surface area contributed by atoms with Crippen LogP contribution < -0.4 is 14.5 Å². The minimum Gasteiger partial charge on any atom is -0.497 e. The Hall–Kier alpha value is -4.12. The largest absolute Gasteiger partial charge is 0.497 e. The molecule has 34 heavy (non-hydrogen) atoms. The number of hydrogen-bond acceptors (Lipinski definition) is 5. The first kappa shape index (κ1) is 21.7. The van der Waals surface area contributed by atoms with Gasteiger partial charge in [0.05, 0.1) is 12.6 Å². The molecule has 0 saturated carbocycles. The molecule has 1 aliphatic heterocycles. The lowest BCUT2D eigenvalue weighted by atomic mass is 10.1. The van der Waals surface area contributed by atoms with Crippen molar-refractivity contribution in [3.63, 3.8) is 0 Å². The number of piperazine rings is 1. The van der Waals surface area contributed by atoms with Gasteiger partial charge in [0, 0.05) is 48.4 Å². The summed E-state index contributed by atoms with van der Waals surface area (Å²) in [5.74, 6) is 1.61. The Balaban J connectivity index is 1.41. The van der Waals surface area contributed by atoms with Gasteiger partial charge >= 0.3 is 0 Å². The van der Waals surface area contributed by atoms with Gasteiger partial charge in [0.1, 0.15) is 11.6 Å². The molecule has 5 rings (SSSR count). The SMILES string of the molecule is COc1ccc(C(=O)/C=C/c2cc3ccccc3nc2N2CCN(c3ccccc3)CC2)cc1. The van der Waals surface area contributed by atoms with Crippen LogP contribution >= 0.6 is 0 Å². The Morgan fingerprint density at radius 1 is 0.853 bits per heavy atom. The van der Waals surface area contributed by atoms with Crippen LogP contribution in [0.3, 0.4) is 0 Å². The van der Waals surface area contributed by atoms with Gasteiger partial charge in [0.2, 0.25) is 0 Å². The smallest absolute Gasteiger partial charge is 0.185 e. The summed E-state index contributed by atoms with van der Waals surface area (Å²) in [7, 11) is 1.62. The van der Waals surface area contributed by atoms with Crippen LogP contribution in [0, 0.1) is 0 Å². The van der Waals surface area contributed by atoms with Crippen LogP contribution in [-0.2, 0) is 0 Å². The molecule has 0 amide bonds. The number of ketones is 1. The molecule has 0 aliphatic carbocycles. The number of aromatic nitrogens is 1. The average molecular weight is 450 g/mol. The lowest BCUT2D eigenvalue weighted by Gasteiger charge is -2.37. The van der Waals surface area contributed by atoms with E-state index in [1.165, 1.54) is 5.69 Å². The third-order valence-corrected chi connectivity index (χ3v) is 6.22. The minimum atomic E-state index is -0.0457. The fourth-order valence-corrected chi connectivity index (χ4v) is 4.33. The molecule has 5 heteroatoms. The van der Waals surface area contributed by atoms with Crippen molar-refractivity contribution in [3.05, 3.63) is 102 Å². The standard InChI is InChI=1S/C29H27N3O2/c1-34-26-14-11-22(12-15-26)28(33)16-13-24-21-23-7-5-6-10-27(23)30-29(24)32-19-17-31(18-20-32)25-8-3-2-4-9-25/h2-16,21H,17-20H2,1H3/b16-13+. The maximum absolute atomic E-state index is 12.8. The van der Waals surface area contributed by atoms with Gasteiger partial charge < -0.3 is 14.5 Å². The molecule has 5 nitrogen and oxygen atoms in total. The molecule has 0 spiro atoms. The van der Waals surface area contributed by atoms with Crippen molar-refractivity contribution in [2.75, 3.05) is 43.1 Å². The molecular formula is C29H27N3O2. The normalized spacial score (nSPS) is 14.0. The third kappa shape index (κ3) is 4.64. The molecule has 2 heterocycles. The number of carbonyl (C=O) groups excluding carboxylic acids is 1. The molecule has 0 N–H and O–H groups in total. The molecule has 4 aromatic rings. The number of benzene rings is 3. The summed E-state index contributed by atoms with van der Waals surface area (Å²) in [4.78, 5) is 22.5. The van der Waals surface area contributed by atoms with E-state index in [-0.39, 0.29) is 5.78 Å². The molecule has 0 atom stereocenters. The Bertz CT molecular complexity index is 1310. The van der Waals surface area contributed by atoms with E-state index in [0.717, 1.165) is 54.2 Å². The number of allylic oxidation sites excluding steroid dienone is 1. The molecule has 1 saturated heterocycles. The molecule has 1 aromatic heterocycles. The number of pyridine rings is 1. The molecule has 0 radical (unpaired) electrons. The Kier molecular flexibility index (Phi) is 6.25. The van der Waals surface area contributed by atoms with Crippen molar-refractivity contribution < 1.29 is 9.53 Å². The quantitative estimate of drug-likeness (QED) is 0.289. The summed E-state index contributed by atoms with van der Waals surface area (Å²) in [5.41, 5.74) is 3.79. The first-order chi connectivity index (χ1) is 16.7. The molecule has 0 bridgehead atoms. The van der Waals surface area contributed by atoms with Gasteiger partial charge in [-0.25, -0.2) is 4.98 Å². The molecule has 1 fully saturated rings. The van der Waals surface area contributed by atoms with Crippen LogP contribution in [0.25, 0.3) is 17.0 Å². The predicted octanol–water partition coefficient (Wildman–Crippen LogP) is 5.47. The average Bonchev–Trinajstić information content (AvgIpc) is 2.92. The van der Waals surface area contributed by atoms with Crippen LogP contribution in [0.2, 0.25) is 0 Å². The predicted molar refractivity (Wildman–Crippen MR) is 139 cm³/mol. The first-order valence-electron chi connectivity index (χ1n) is 11.5. The first-order valence-corrected chi connectivity index (χ1v) is 11.5. The fraction of sp³-hybridized carbons (Fsp3) is 0.172. The van der Waals surface area contributed by atoms with Crippen LogP contribution in [0.15, 0.2) is 91.0 Å². The van der Waals surface area contributed by atoms with Crippen molar-refractivity contribution >= 4 is 34.3 Å². The van der Waals surface area contributed by atoms with Crippen molar-refractivity contribution in [1.82, 2.24) is 4.98 Å². The van der Waals surface area contributed by atoms with Gasteiger partial charge in [0.25, 0.3) is 0 Å². The molecule has 3 aromatic carbocycles. The van der Waals surface area contributed by atoms with Gasteiger partial charge in [-0.15, -0.1) is 0 Å². The van der Waals surface area contributed by atoms with E-state index in [1.54, 1.807) is 37.5 Å². The fourth-order valence-electron chi connectivity index (χ4n) is 4.33. The third-order valence-electron chi connectivity index (χ3n) is 6.22. The number of nitrogens with zero attached hydrogens (tertiary/aromatic N) is 3. The minimum absolute atomic E-state index is 0.0457. The summed E-state index contributed by atoms with van der Waals surface area (Å²) >= 11 is 0. The van der Waals surface area contributed by atoms with Crippen molar-refractivity contribution in [1.29, 1.82) is 0 Å². The Morgan fingerprint density at radius 3 is 2.26 bits per heavy atom. The zero-order valence-corrected chi connectivity index (χ0v) is 19.2. The van der Waals surface area contributed by atoms with Gasteiger partial charge in [0.15, 0.2) is 5.78 Å². The number of para-hydroxylation sites is 2. The maximum atomic E-state index is 12.8. The van der Waals surface area contributed by atoms with E-state index < -0.39 is 0 Å². The highest BCUT2D eigenvalue weighted by atomic mass is 16.5. The topological polar surface area (TPSA) is 45.7 Å². The highest BCUT2D eigenvalue weighted by Crippen LogP contribution is 2.27. The zero-order chi connectivity index (χ0) is 23.3. The zero-order valence-electron chi connectivity index (χ0n) is 19.2. The lowest BCUT2D eigenvalue weighted by Crippen LogP contribution is -2.47. The van der Waals surface area contributed by atoms with E-state index in [9.17, 15) is 4.79 Å². The van der Waals surface area contributed by atoms with Crippen molar-refractivity contribution in [3.8, 4) is 5.75 Å². The number of hydrogen-bond donors (Lipinski definition) is 0. The maximum Gasteiger partial charge on any atom is 0.185 e. The monoisotopic (exact) mass is 449 g/mol. The summed E-state index contributed by atoms with van der Waals surface area (Å²) in [6, 6.07) is 27.9. The second-order valence-electron chi connectivity index (χ2n) is 8.33. The summed E-state index contributed by atoms with van der Waals surface area (Å²) in [6.45, 7) is 3.58. The summed E-state index contributed by atoms with van der Waals surface area (Å²) < 4.78 is 5.19. The second-order valence-corrected chi connectivity index (χ2v) is 8.33. The lowest BCUT2D eigenvalue weighted by molar-refractivity contribution is 0.104. The van der Waals surface area contributed by atoms with Gasteiger partial charge in [-0.2, -0.15) is 0 Å². The van der Waals surface area contributed by atoms with E-state index >= 15 is 0 Å². The number of methoxy groups -OCH3 is 1. The van der Waals surface area contributed by atoms with E-state index in [4.69, 9.17) is 9.72 Å². The van der Waals surface area contributed by atoms with Crippen LogP contribution in [0.4, 0.5) is 11.5 Å². The summed E-state index contributed by atoms with van der Waals surface area (Å²) in [6.07, 6.45) is 3.53. The number of fused-ring (bicyclic) bond motifs is 1. The molecular weight excluding hydrogens is 422 g/mol. The van der Waals surface area contributed by atoms with Crippen LogP contribution in [0.5, 0.6) is 5.75 Å². The van der Waals surface area contributed by atoms with E-state index in [1.807, 2.05) is 30.3 Å². The molecule has 170 valence electrons. The van der Waals surface area contributed by atoms with E-state index in [2.05, 4.69) is 46.2 Å². The Morgan fingerprint density at radius 2 is 1.53 bits per heavy atom. The highest BCUT2D eigenvalue weighted by molar-refractivity contribution is 6.07. The van der Waals surface area contributed by atoms with Gasteiger partial charge in [-0.05, 0) is 60.7 Å². The molecule has 1 aliphatic rings. The molecule has 0 unspecified atom stereocenters. The van der Waals surface area contributed by atoms with Crippen molar-refractivity contribution in [2.24, 2.45) is 0 Å². The second kappa shape index (κ2) is 9.79. The number of ether oxygens (including phenoxy) is 1. The van der Waals surface area contributed by atoms with Gasteiger partial charge in [-0.3, -0.25) is 4.79 Å². The summed E-state index contributed by atoms with van der Waals surface area (Å²) in [5, 5.41) is 1.06. The Labute approximate surface area is 199 Å². The number of anilines is 2. The van der Waals surface area contributed by atoms with Crippen molar-refractivity contribution in [2.45, 2.75) is 0 Å². The van der Waals surface area contributed by atoms with Gasteiger partial charge in [-0.1, -0.05) is 36.4 Å². The number of rotatable bonds is 6.